The molecule has 6 heteroatoms. The van der Waals surface area contributed by atoms with E-state index in [1.165, 1.54) is 0 Å². The molecule has 0 bridgehead atoms. The predicted molar refractivity (Wildman–Crippen MR) is 93.0 cm³/mol. The number of H-pyrrole nitrogens is 1. The third-order valence-electron chi connectivity index (χ3n) is 3.61. The van der Waals surface area contributed by atoms with Crippen LogP contribution in [0.2, 0.25) is 5.02 Å². The predicted octanol–water partition coefficient (Wildman–Crippen LogP) is 4.32. The molecule has 0 aliphatic heterocycles. The van der Waals surface area contributed by atoms with Crippen LogP contribution in [-0.2, 0) is 6.42 Å². The molecule has 0 aliphatic rings. The zero-order valence-electron chi connectivity index (χ0n) is 12.4. The molecule has 2 aromatic carbocycles. The summed E-state index contributed by atoms with van der Waals surface area (Å²) in [5.41, 5.74) is 3.46. The van der Waals surface area contributed by atoms with Gasteiger partial charge < -0.3 is 0 Å². The molecule has 0 aliphatic carbocycles. The lowest BCUT2D eigenvalue weighted by atomic mass is 10.0. The van der Waals surface area contributed by atoms with E-state index < -0.39 is 0 Å². The highest BCUT2D eigenvalue weighted by atomic mass is 35.5. The minimum absolute atomic E-state index is 0.0639. The number of hydrogen-bond donors (Lipinski definition) is 1. The van der Waals surface area contributed by atoms with E-state index in [1.807, 2.05) is 37.3 Å². The summed E-state index contributed by atoms with van der Waals surface area (Å²) in [6.07, 6.45) is 1.96. The van der Waals surface area contributed by atoms with Crippen LogP contribution in [0.15, 0.2) is 48.8 Å². The summed E-state index contributed by atoms with van der Waals surface area (Å²) in [5.74, 6) is 0.0639. The largest absolute Gasteiger partial charge is 0.294 e. The second-order valence-electron chi connectivity index (χ2n) is 5.26. The summed E-state index contributed by atoms with van der Waals surface area (Å²) < 4.78 is 2.26. The number of ketones is 1. The van der Waals surface area contributed by atoms with Crippen molar-refractivity contribution >= 4 is 29.6 Å². The van der Waals surface area contributed by atoms with E-state index in [1.54, 1.807) is 23.0 Å². The van der Waals surface area contributed by atoms with Gasteiger partial charge in [0.2, 0.25) is 0 Å². The summed E-state index contributed by atoms with van der Waals surface area (Å²) in [5, 5.41) is 7.29. The molecule has 1 N–H and O–H groups in total. The third-order valence-corrected chi connectivity index (χ3v) is 4.32. The van der Waals surface area contributed by atoms with Crippen LogP contribution in [0.1, 0.15) is 21.5 Å². The maximum atomic E-state index is 12.4. The number of aromatic nitrogens is 3. The van der Waals surface area contributed by atoms with Gasteiger partial charge in [-0.05, 0) is 60.6 Å². The topological polar surface area (TPSA) is 50.7 Å². The van der Waals surface area contributed by atoms with Gasteiger partial charge in [-0.2, -0.15) is 5.10 Å². The van der Waals surface area contributed by atoms with Crippen molar-refractivity contribution in [2.24, 2.45) is 0 Å². The average molecular weight is 344 g/mol. The Morgan fingerprint density at radius 2 is 2.00 bits per heavy atom. The fourth-order valence-corrected chi connectivity index (χ4v) is 2.67. The number of aromatic amines is 1. The molecule has 1 heterocycles. The monoisotopic (exact) mass is 343 g/mol. The van der Waals surface area contributed by atoms with Gasteiger partial charge in [0.05, 0.1) is 0 Å². The molecule has 116 valence electrons. The quantitative estimate of drug-likeness (QED) is 0.567. The maximum Gasteiger partial charge on any atom is 0.199 e. The molecule has 0 fully saturated rings. The number of halogens is 1. The molecule has 0 atom stereocenters. The van der Waals surface area contributed by atoms with Gasteiger partial charge in [0, 0.05) is 22.7 Å². The third kappa shape index (κ3) is 3.41. The Morgan fingerprint density at radius 1 is 1.26 bits per heavy atom. The minimum Gasteiger partial charge on any atom is -0.294 e. The summed E-state index contributed by atoms with van der Waals surface area (Å²) in [4.78, 5) is 12.4. The van der Waals surface area contributed by atoms with E-state index in [-0.39, 0.29) is 5.78 Å². The van der Waals surface area contributed by atoms with Gasteiger partial charge in [0.1, 0.15) is 6.33 Å². The number of aryl methyl sites for hydroxylation is 1. The number of nitrogens with zero attached hydrogens (tertiary/aromatic N) is 2. The zero-order chi connectivity index (χ0) is 16.4. The van der Waals surface area contributed by atoms with Crippen LogP contribution in [0.5, 0.6) is 0 Å². The number of benzene rings is 2. The number of nitrogens with one attached hydrogen (secondary N) is 1. The first kappa shape index (κ1) is 15.6. The van der Waals surface area contributed by atoms with Gasteiger partial charge in [-0.15, -0.1) is 0 Å². The highest BCUT2D eigenvalue weighted by molar-refractivity contribution is 7.71. The fourth-order valence-electron chi connectivity index (χ4n) is 2.34. The second-order valence-corrected chi connectivity index (χ2v) is 6.06. The number of hydrogen-bond acceptors (Lipinski definition) is 3. The van der Waals surface area contributed by atoms with Crippen molar-refractivity contribution < 1.29 is 4.79 Å². The van der Waals surface area contributed by atoms with Crippen LogP contribution in [0.25, 0.3) is 5.69 Å². The fraction of sp³-hybridized carbons (Fsp3) is 0.118. The van der Waals surface area contributed by atoms with Gasteiger partial charge in [-0.3, -0.25) is 14.5 Å². The molecule has 0 spiro atoms. The Labute approximate surface area is 143 Å². The van der Waals surface area contributed by atoms with Crippen molar-refractivity contribution in [1.82, 2.24) is 14.8 Å². The Morgan fingerprint density at radius 3 is 2.61 bits per heavy atom. The van der Waals surface area contributed by atoms with Crippen molar-refractivity contribution in [1.29, 1.82) is 0 Å². The van der Waals surface area contributed by atoms with E-state index in [4.69, 9.17) is 23.8 Å². The molecular formula is C17H14ClN3OS. The molecule has 4 nitrogen and oxygen atoms in total. The molecule has 0 saturated heterocycles. The Bertz CT molecular complexity index is 912. The van der Waals surface area contributed by atoms with Crippen LogP contribution in [-0.4, -0.2) is 20.5 Å². The second kappa shape index (κ2) is 6.48. The molecule has 1 aromatic heterocycles. The van der Waals surface area contributed by atoms with E-state index in [0.29, 0.717) is 21.8 Å². The van der Waals surface area contributed by atoms with Gasteiger partial charge >= 0.3 is 0 Å². The van der Waals surface area contributed by atoms with Gasteiger partial charge in [-0.1, -0.05) is 23.7 Å². The lowest BCUT2D eigenvalue weighted by molar-refractivity contribution is 0.0993. The van der Waals surface area contributed by atoms with E-state index in [0.717, 1.165) is 16.8 Å². The maximum absolute atomic E-state index is 12.4. The first-order chi connectivity index (χ1) is 11.0. The van der Waals surface area contributed by atoms with E-state index in [9.17, 15) is 4.79 Å². The van der Waals surface area contributed by atoms with Crippen LogP contribution in [0.3, 0.4) is 0 Å². The van der Waals surface area contributed by atoms with Crippen molar-refractivity contribution in [3.05, 3.63) is 75.3 Å². The van der Waals surface area contributed by atoms with Crippen molar-refractivity contribution in [2.45, 2.75) is 13.3 Å². The minimum atomic E-state index is 0.0639. The van der Waals surface area contributed by atoms with Crippen molar-refractivity contribution in [3.8, 4) is 5.69 Å². The Hall–Kier alpha value is -2.24. The molecule has 23 heavy (non-hydrogen) atoms. The van der Waals surface area contributed by atoms with Gasteiger partial charge in [0.15, 0.2) is 10.6 Å². The van der Waals surface area contributed by atoms with E-state index >= 15 is 0 Å². The summed E-state index contributed by atoms with van der Waals surface area (Å²) in [6.45, 7) is 1.93. The molecule has 0 radical (unpaired) electrons. The van der Waals surface area contributed by atoms with Crippen LogP contribution in [0.4, 0.5) is 0 Å². The summed E-state index contributed by atoms with van der Waals surface area (Å²) in [7, 11) is 0. The van der Waals surface area contributed by atoms with Crippen LogP contribution >= 0.6 is 23.8 Å². The lowest BCUT2D eigenvalue weighted by Gasteiger charge is -2.06. The highest BCUT2D eigenvalue weighted by Gasteiger charge is 2.09. The Kier molecular flexibility index (Phi) is 4.41. The highest BCUT2D eigenvalue weighted by Crippen LogP contribution is 2.18. The van der Waals surface area contributed by atoms with Crippen molar-refractivity contribution in [2.75, 3.05) is 0 Å². The Balaban J connectivity index is 1.79. The first-order valence-corrected chi connectivity index (χ1v) is 7.84. The zero-order valence-corrected chi connectivity index (χ0v) is 14.0. The number of carbonyl (C=O) groups is 1. The molecule has 0 unspecified atom stereocenters. The molecule has 0 saturated carbocycles. The van der Waals surface area contributed by atoms with Gasteiger partial charge in [-0.25, -0.2) is 0 Å². The lowest BCUT2D eigenvalue weighted by Crippen LogP contribution is -2.04. The molecule has 3 aromatic rings. The van der Waals surface area contributed by atoms with Crippen LogP contribution in [0, 0.1) is 11.7 Å². The molecule has 3 rings (SSSR count). The standard InChI is InChI=1S/C17H14ClN3OS/c1-11-8-12(2-7-15(11)18)9-16(22)13-3-5-14(6-4-13)21-10-19-20-17(21)23/h2-8,10H,9H2,1H3,(H,20,23). The smallest absolute Gasteiger partial charge is 0.199 e. The summed E-state index contributed by atoms with van der Waals surface area (Å²) in [6, 6.07) is 13.0. The number of rotatable bonds is 4. The first-order valence-electron chi connectivity index (χ1n) is 7.05. The molecule has 0 amide bonds. The number of carbonyl (C=O) groups excluding carboxylic acids is 1. The molecular weight excluding hydrogens is 330 g/mol. The number of Topliss-reactive ketones (excluding diaryl/α,β-unsaturated/α-hetero) is 1. The van der Waals surface area contributed by atoms with Crippen LogP contribution < -0.4 is 0 Å². The van der Waals surface area contributed by atoms with Gasteiger partial charge in [0.25, 0.3) is 0 Å². The normalized spacial score (nSPS) is 10.7. The average Bonchev–Trinajstić information content (AvgIpc) is 2.97. The van der Waals surface area contributed by atoms with E-state index in [2.05, 4.69) is 10.2 Å². The van der Waals surface area contributed by atoms with Crippen molar-refractivity contribution in [3.63, 3.8) is 0 Å². The SMILES string of the molecule is Cc1cc(CC(=O)c2ccc(-n3cn[nH]c3=S)cc2)ccc1Cl. The summed E-state index contributed by atoms with van der Waals surface area (Å²) >= 11 is 11.1.